The van der Waals surface area contributed by atoms with E-state index in [0.29, 0.717) is 31.3 Å². The second-order valence-corrected chi connectivity index (χ2v) is 7.87. The van der Waals surface area contributed by atoms with E-state index in [9.17, 15) is 8.42 Å². The molecule has 0 aromatic heterocycles. The lowest BCUT2D eigenvalue weighted by Gasteiger charge is -2.34. The molecule has 8 heteroatoms. The van der Waals surface area contributed by atoms with Crippen molar-refractivity contribution in [2.24, 2.45) is 0 Å². The molecule has 0 bridgehead atoms. The quantitative estimate of drug-likeness (QED) is 0.795. The van der Waals surface area contributed by atoms with Crippen LogP contribution < -0.4 is 5.32 Å². The number of hydrogen-bond acceptors (Lipinski definition) is 3. The summed E-state index contributed by atoms with van der Waals surface area (Å²) in [5, 5.41) is 3.79. The Bertz CT molecular complexity index is 581. The van der Waals surface area contributed by atoms with Crippen molar-refractivity contribution >= 4 is 49.0 Å². The number of sulfonamides is 1. The number of nitrogens with zero attached hydrogens (tertiary/aromatic N) is 2. The second kappa shape index (κ2) is 6.38. The Morgan fingerprint density at radius 1 is 1.20 bits per heavy atom. The number of halogens is 1. The van der Waals surface area contributed by atoms with Crippen LogP contribution in [-0.4, -0.2) is 55.2 Å². The smallest absolute Gasteiger partial charge is 0.211 e. The number of nitrogens with one attached hydrogen (secondary N) is 1. The van der Waals surface area contributed by atoms with Gasteiger partial charge >= 0.3 is 0 Å². The molecule has 1 aromatic carbocycles. The lowest BCUT2D eigenvalue weighted by atomic mass is 10.3. The first-order valence-corrected chi connectivity index (χ1v) is 9.18. The van der Waals surface area contributed by atoms with Crippen LogP contribution in [-0.2, 0) is 10.0 Å². The van der Waals surface area contributed by atoms with E-state index in [1.165, 1.54) is 10.6 Å². The molecule has 1 saturated heterocycles. The number of anilines is 1. The number of rotatable bonds is 2. The zero-order valence-corrected chi connectivity index (χ0v) is 14.3. The molecule has 0 radical (unpaired) electrons. The van der Waals surface area contributed by atoms with Crippen LogP contribution >= 0.6 is 28.1 Å². The third-order valence-electron chi connectivity index (χ3n) is 3.09. The molecular formula is C12H16BrN3O2S2. The van der Waals surface area contributed by atoms with Gasteiger partial charge in [0.15, 0.2) is 5.11 Å². The summed E-state index contributed by atoms with van der Waals surface area (Å²) in [5.74, 6) is 0. The molecule has 1 aliphatic rings. The third-order valence-corrected chi connectivity index (χ3v) is 5.28. The van der Waals surface area contributed by atoms with Crippen LogP contribution in [0.15, 0.2) is 28.7 Å². The minimum absolute atomic E-state index is 0.473. The van der Waals surface area contributed by atoms with Crippen LogP contribution in [0.2, 0.25) is 0 Å². The summed E-state index contributed by atoms with van der Waals surface area (Å²) in [4.78, 5) is 1.99. The first-order chi connectivity index (χ1) is 9.36. The normalized spacial score (nSPS) is 17.0. The van der Waals surface area contributed by atoms with E-state index in [1.807, 2.05) is 29.2 Å². The Kier molecular flexibility index (Phi) is 5.00. The summed E-state index contributed by atoms with van der Waals surface area (Å²) in [7, 11) is -3.10. The lowest BCUT2D eigenvalue weighted by Crippen LogP contribution is -2.51. The van der Waals surface area contributed by atoms with Crippen molar-refractivity contribution < 1.29 is 8.42 Å². The van der Waals surface area contributed by atoms with Crippen LogP contribution in [0.1, 0.15) is 0 Å². The summed E-state index contributed by atoms with van der Waals surface area (Å²) >= 11 is 8.74. The van der Waals surface area contributed by atoms with Gasteiger partial charge in [0.1, 0.15) is 0 Å². The molecule has 1 aromatic rings. The van der Waals surface area contributed by atoms with Gasteiger partial charge in [-0.05, 0) is 36.5 Å². The molecule has 0 spiro atoms. The van der Waals surface area contributed by atoms with Crippen molar-refractivity contribution in [3.8, 4) is 0 Å². The van der Waals surface area contributed by atoms with Gasteiger partial charge in [-0.25, -0.2) is 8.42 Å². The molecule has 1 N–H and O–H groups in total. The van der Waals surface area contributed by atoms with Crippen molar-refractivity contribution in [3.05, 3.63) is 28.7 Å². The van der Waals surface area contributed by atoms with Gasteiger partial charge in [0.25, 0.3) is 0 Å². The molecule has 5 nitrogen and oxygen atoms in total. The van der Waals surface area contributed by atoms with Crippen LogP contribution in [0.25, 0.3) is 0 Å². The minimum Gasteiger partial charge on any atom is -0.346 e. The highest BCUT2D eigenvalue weighted by molar-refractivity contribution is 9.10. The Morgan fingerprint density at radius 2 is 1.75 bits per heavy atom. The van der Waals surface area contributed by atoms with E-state index >= 15 is 0 Å². The van der Waals surface area contributed by atoms with Gasteiger partial charge in [0.05, 0.1) is 6.26 Å². The van der Waals surface area contributed by atoms with Crippen molar-refractivity contribution in [3.63, 3.8) is 0 Å². The standard InChI is InChI=1S/C12H16BrN3O2S2/c1-20(17,18)16-8-6-15(7-9-16)12(19)14-11-4-2-10(13)3-5-11/h2-5H,6-9H2,1H3,(H,14,19). The minimum atomic E-state index is -3.10. The molecule has 0 aliphatic carbocycles. The van der Waals surface area contributed by atoms with E-state index in [4.69, 9.17) is 12.2 Å². The Balaban J connectivity index is 1.90. The maximum atomic E-state index is 11.4. The van der Waals surface area contributed by atoms with Gasteiger partial charge in [0.2, 0.25) is 10.0 Å². The molecule has 0 atom stereocenters. The Labute approximate surface area is 133 Å². The van der Waals surface area contributed by atoms with Crippen LogP contribution in [0.3, 0.4) is 0 Å². The van der Waals surface area contributed by atoms with Gasteiger partial charge in [0, 0.05) is 36.3 Å². The molecule has 2 rings (SSSR count). The third kappa shape index (κ3) is 4.15. The van der Waals surface area contributed by atoms with Crippen LogP contribution in [0.5, 0.6) is 0 Å². The van der Waals surface area contributed by atoms with E-state index in [1.54, 1.807) is 0 Å². The van der Waals surface area contributed by atoms with Gasteiger partial charge in [-0.2, -0.15) is 4.31 Å². The highest BCUT2D eigenvalue weighted by atomic mass is 79.9. The van der Waals surface area contributed by atoms with E-state index < -0.39 is 10.0 Å². The summed E-state index contributed by atoms with van der Waals surface area (Å²) < 4.78 is 25.4. The molecule has 110 valence electrons. The fraction of sp³-hybridized carbons (Fsp3) is 0.417. The highest BCUT2D eigenvalue weighted by Gasteiger charge is 2.24. The largest absolute Gasteiger partial charge is 0.346 e. The summed E-state index contributed by atoms with van der Waals surface area (Å²) in [6, 6.07) is 7.74. The predicted molar refractivity (Wildman–Crippen MR) is 88.4 cm³/mol. The Morgan fingerprint density at radius 3 is 2.25 bits per heavy atom. The molecule has 1 heterocycles. The summed E-state index contributed by atoms with van der Waals surface area (Å²) in [6.07, 6.45) is 1.24. The maximum Gasteiger partial charge on any atom is 0.211 e. The fourth-order valence-electron chi connectivity index (χ4n) is 1.96. The van der Waals surface area contributed by atoms with Crippen LogP contribution in [0, 0.1) is 0 Å². The van der Waals surface area contributed by atoms with E-state index in [0.717, 1.165) is 10.2 Å². The Hall–Kier alpha value is -0.700. The summed E-state index contributed by atoms with van der Waals surface area (Å²) in [6.45, 7) is 2.16. The van der Waals surface area contributed by atoms with Crippen molar-refractivity contribution in [1.29, 1.82) is 0 Å². The molecule has 0 saturated carbocycles. The van der Waals surface area contributed by atoms with Gasteiger partial charge in [-0.15, -0.1) is 0 Å². The van der Waals surface area contributed by atoms with Crippen LogP contribution in [0.4, 0.5) is 5.69 Å². The molecular weight excluding hydrogens is 362 g/mol. The average molecular weight is 378 g/mol. The molecule has 0 unspecified atom stereocenters. The fourth-order valence-corrected chi connectivity index (χ4v) is 3.35. The van der Waals surface area contributed by atoms with Gasteiger partial charge in [-0.1, -0.05) is 15.9 Å². The molecule has 1 fully saturated rings. The monoisotopic (exact) mass is 377 g/mol. The van der Waals surface area contributed by atoms with Crippen molar-refractivity contribution in [1.82, 2.24) is 9.21 Å². The highest BCUT2D eigenvalue weighted by Crippen LogP contribution is 2.15. The molecule has 1 aliphatic heterocycles. The first kappa shape index (κ1) is 15.7. The topological polar surface area (TPSA) is 52.7 Å². The number of thiocarbonyl (C=S) groups is 1. The number of hydrogen-bond donors (Lipinski definition) is 1. The maximum absolute atomic E-state index is 11.4. The predicted octanol–water partition coefficient (Wildman–Crippen LogP) is 1.72. The van der Waals surface area contributed by atoms with E-state index in [-0.39, 0.29) is 0 Å². The molecule has 0 amide bonds. The van der Waals surface area contributed by atoms with E-state index in [2.05, 4.69) is 21.2 Å². The number of piperazine rings is 1. The first-order valence-electron chi connectivity index (χ1n) is 6.13. The lowest BCUT2D eigenvalue weighted by molar-refractivity contribution is 0.270. The second-order valence-electron chi connectivity index (χ2n) is 4.59. The number of benzene rings is 1. The van der Waals surface area contributed by atoms with Gasteiger partial charge < -0.3 is 10.2 Å². The van der Waals surface area contributed by atoms with Crippen molar-refractivity contribution in [2.45, 2.75) is 0 Å². The summed E-state index contributed by atoms with van der Waals surface area (Å²) in [5.41, 5.74) is 0.920. The average Bonchev–Trinajstić information content (AvgIpc) is 2.40. The zero-order valence-electron chi connectivity index (χ0n) is 11.0. The zero-order chi connectivity index (χ0) is 14.8. The van der Waals surface area contributed by atoms with Crippen molar-refractivity contribution in [2.75, 3.05) is 37.8 Å². The molecule has 20 heavy (non-hydrogen) atoms. The SMILES string of the molecule is CS(=O)(=O)N1CCN(C(=S)Nc2ccc(Br)cc2)CC1. The van der Waals surface area contributed by atoms with Gasteiger partial charge in [-0.3, -0.25) is 0 Å².